The lowest BCUT2D eigenvalue weighted by Gasteiger charge is -1.99. The van der Waals surface area contributed by atoms with E-state index in [0.29, 0.717) is 0 Å². The number of benzene rings is 1. The second kappa shape index (κ2) is 6.32. The van der Waals surface area contributed by atoms with Gasteiger partial charge in [-0.25, -0.2) is 4.98 Å². The summed E-state index contributed by atoms with van der Waals surface area (Å²) in [6, 6.07) is 9.73. The smallest absolute Gasteiger partial charge is 0.150 e. The Balaban J connectivity index is 1.67. The van der Waals surface area contributed by atoms with Gasteiger partial charge in [0.05, 0.1) is 12.9 Å². The summed E-state index contributed by atoms with van der Waals surface area (Å²) in [6.07, 6.45) is 0. The maximum Gasteiger partial charge on any atom is 0.150 e. The van der Waals surface area contributed by atoms with E-state index in [0.717, 1.165) is 38.6 Å². The van der Waals surface area contributed by atoms with Gasteiger partial charge in [0.1, 0.15) is 17.2 Å². The molecular weight excluding hydrogens is 304 g/mol. The molecule has 0 saturated heterocycles. The Kier molecular flexibility index (Phi) is 4.26. The molecule has 0 unspecified atom stereocenters. The molecule has 0 aliphatic carbocycles. The average Bonchev–Trinajstić information content (AvgIpc) is 3.14. The van der Waals surface area contributed by atoms with Gasteiger partial charge in [0.25, 0.3) is 0 Å². The highest BCUT2D eigenvalue weighted by Crippen LogP contribution is 2.28. The third-order valence-corrected chi connectivity index (χ3v) is 5.04. The van der Waals surface area contributed by atoms with Gasteiger partial charge in [0.2, 0.25) is 0 Å². The number of nitrogens with zero attached hydrogens (tertiary/aromatic N) is 2. The van der Waals surface area contributed by atoms with E-state index < -0.39 is 0 Å². The van der Waals surface area contributed by atoms with E-state index in [1.54, 1.807) is 30.2 Å². The summed E-state index contributed by atoms with van der Waals surface area (Å²) in [5, 5.41) is 6.16. The van der Waals surface area contributed by atoms with Crippen LogP contribution in [0.5, 0.6) is 5.75 Å². The van der Waals surface area contributed by atoms with Gasteiger partial charge in [-0.1, -0.05) is 16.9 Å². The number of hydrogen-bond donors (Lipinski definition) is 0. The molecule has 2 heterocycles. The molecule has 0 radical (unpaired) electrons. The second-order valence-electron chi connectivity index (χ2n) is 4.45. The molecule has 0 saturated carbocycles. The summed E-state index contributed by atoms with van der Waals surface area (Å²) in [5.41, 5.74) is 2.91. The van der Waals surface area contributed by atoms with Crippen LogP contribution in [0, 0.1) is 6.92 Å². The van der Waals surface area contributed by atoms with Gasteiger partial charge in [-0.3, -0.25) is 0 Å². The maximum atomic E-state index is 5.38. The minimum Gasteiger partial charge on any atom is -0.497 e. The van der Waals surface area contributed by atoms with Crippen molar-refractivity contribution in [2.24, 2.45) is 0 Å². The predicted octanol–water partition coefficient (Wildman–Crippen LogP) is 4.41. The topological polar surface area (TPSA) is 48.2 Å². The number of aryl methyl sites for hydroxylation is 1. The van der Waals surface area contributed by atoms with Crippen molar-refractivity contribution in [2.45, 2.75) is 17.0 Å². The maximum absolute atomic E-state index is 5.38. The molecule has 108 valence electrons. The lowest BCUT2D eigenvalue weighted by Crippen LogP contribution is -1.82. The number of hydrogen-bond acceptors (Lipinski definition) is 6. The Labute approximate surface area is 131 Å². The number of methoxy groups -OCH3 is 1. The van der Waals surface area contributed by atoms with Crippen LogP contribution in [-0.4, -0.2) is 17.3 Å². The van der Waals surface area contributed by atoms with E-state index in [-0.39, 0.29) is 0 Å². The lowest BCUT2D eigenvalue weighted by atomic mass is 10.1. The normalized spacial score (nSPS) is 10.8. The molecule has 0 N–H and O–H groups in total. The molecule has 2 aromatic heterocycles. The Morgan fingerprint density at radius 1 is 1.29 bits per heavy atom. The van der Waals surface area contributed by atoms with E-state index in [4.69, 9.17) is 9.26 Å². The van der Waals surface area contributed by atoms with Crippen LogP contribution in [0.1, 0.15) is 11.5 Å². The molecule has 0 amide bonds. The van der Waals surface area contributed by atoms with E-state index in [9.17, 15) is 0 Å². The Morgan fingerprint density at radius 2 is 2.10 bits per heavy atom. The van der Waals surface area contributed by atoms with Gasteiger partial charge in [-0.15, -0.1) is 11.3 Å². The first-order valence-electron chi connectivity index (χ1n) is 6.39. The number of ether oxygens (including phenoxy) is 1. The van der Waals surface area contributed by atoms with Crippen molar-refractivity contribution in [3.05, 3.63) is 47.2 Å². The van der Waals surface area contributed by atoms with Gasteiger partial charge in [0, 0.05) is 22.7 Å². The summed E-state index contributed by atoms with van der Waals surface area (Å²) in [6.45, 7) is 2.00. The first-order valence-corrected chi connectivity index (χ1v) is 8.26. The second-order valence-corrected chi connectivity index (χ2v) is 6.53. The highest BCUT2D eigenvalue weighted by atomic mass is 32.2. The third-order valence-electron chi connectivity index (χ3n) is 2.88. The Hall–Kier alpha value is -1.79. The van der Waals surface area contributed by atoms with Crippen molar-refractivity contribution >= 4 is 23.1 Å². The van der Waals surface area contributed by atoms with Crippen LogP contribution < -0.4 is 4.74 Å². The quantitative estimate of drug-likeness (QED) is 0.652. The molecule has 3 rings (SSSR count). The van der Waals surface area contributed by atoms with Crippen LogP contribution in [0.4, 0.5) is 0 Å². The van der Waals surface area contributed by atoms with Gasteiger partial charge in [-0.05, 0) is 31.2 Å². The van der Waals surface area contributed by atoms with Crippen molar-refractivity contribution in [3.63, 3.8) is 0 Å². The lowest BCUT2D eigenvalue weighted by molar-refractivity contribution is 0.397. The largest absolute Gasteiger partial charge is 0.497 e. The van der Waals surface area contributed by atoms with Gasteiger partial charge in [0.15, 0.2) is 4.34 Å². The Bertz CT molecular complexity index is 719. The van der Waals surface area contributed by atoms with Crippen molar-refractivity contribution < 1.29 is 9.26 Å². The van der Waals surface area contributed by atoms with Gasteiger partial charge >= 0.3 is 0 Å². The number of rotatable bonds is 5. The fourth-order valence-electron chi connectivity index (χ4n) is 1.81. The molecule has 3 aromatic rings. The van der Waals surface area contributed by atoms with Crippen molar-refractivity contribution in [2.75, 3.05) is 7.11 Å². The van der Waals surface area contributed by atoms with Crippen molar-refractivity contribution in [3.8, 4) is 17.0 Å². The number of aromatic nitrogens is 2. The predicted molar refractivity (Wildman–Crippen MR) is 84.9 cm³/mol. The highest BCUT2D eigenvalue weighted by molar-refractivity contribution is 8.00. The summed E-state index contributed by atoms with van der Waals surface area (Å²) in [5.74, 6) is 2.41. The van der Waals surface area contributed by atoms with Crippen LogP contribution in [0.15, 0.2) is 44.6 Å². The van der Waals surface area contributed by atoms with Crippen LogP contribution in [0.2, 0.25) is 0 Å². The molecule has 0 atom stereocenters. The first-order chi connectivity index (χ1) is 10.2. The van der Waals surface area contributed by atoms with E-state index in [1.165, 1.54) is 0 Å². The standard InChI is InChI=1S/C15H14N2O2S2/c1-10-8-20-15(16-10)21-9-13-7-14(17-19-13)11-3-5-12(18-2)6-4-11/h3-8H,9H2,1-2H3. The van der Waals surface area contributed by atoms with Crippen LogP contribution in [0.3, 0.4) is 0 Å². The minimum atomic E-state index is 0.732. The zero-order chi connectivity index (χ0) is 14.7. The molecule has 0 aliphatic rings. The highest BCUT2D eigenvalue weighted by Gasteiger charge is 2.08. The fourth-order valence-corrected chi connectivity index (χ4v) is 3.53. The molecule has 4 nitrogen and oxygen atoms in total. The molecule has 1 aromatic carbocycles. The summed E-state index contributed by atoms with van der Waals surface area (Å²) in [4.78, 5) is 4.42. The molecule has 0 aliphatic heterocycles. The Morgan fingerprint density at radius 3 is 2.76 bits per heavy atom. The van der Waals surface area contributed by atoms with Gasteiger partial charge < -0.3 is 9.26 Å². The molecule has 0 bridgehead atoms. The first kappa shape index (κ1) is 14.2. The fraction of sp³-hybridized carbons (Fsp3) is 0.200. The van der Waals surface area contributed by atoms with Crippen LogP contribution in [0.25, 0.3) is 11.3 Å². The molecule has 21 heavy (non-hydrogen) atoms. The number of thioether (sulfide) groups is 1. The summed E-state index contributed by atoms with van der Waals surface area (Å²) < 4.78 is 11.6. The molecule has 0 spiro atoms. The zero-order valence-corrected chi connectivity index (χ0v) is 13.3. The SMILES string of the molecule is COc1ccc(-c2cc(CSc3nc(C)cs3)on2)cc1. The summed E-state index contributed by atoms with van der Waals surface area (Å²) in [7, 11) is 1.65. The molecule has 0 fully saturated rings. The zero-order valence-electron chi connectivity index (χ0n) is 11.7. The minimum absolute atomic E-state index is 0.732. The monoisotopic (exact) mass is 318 g/mol. The van der Waals surface area contributed by atoms with E-state index >= 15 is 0 Å². The van der Waals surface area contributed by atoms with E-state index in [1.807, 2.05) is 42.6 Å². The van der Waals surface area contributed by atoms with Gasteiger partial charge in [-0.2, -0.15) is 0 Å². The third kappa shape index (κ3) is 3.46. The number of thiazole rings is 1. The van der Waals surface area contributed by atoms with Crippen molar-refractivity contribution in [1.29, 1.82) is 0 Å². The van der Waals surface area contributed by atoms with Crippen molar-refractivity contribution in [1.82, 2.24) is 10.1 Å². The average molecular weight is 318 g/mol. The molecular formula is C15H14N2O2S2. The summed E-state index contributed by atoms with van der Waals surface area (Å²) >= 11 is 3.31. The van der Waals surface area contributed by atoms with Crippen LogP contribution in [-0.2, 0) is 5.75 Å². The van der Waals surface area contributed by atoms with Crippen LogP contribution >= 0.6 is 23.1 Å². The molecule has 6 heteroatoms. The van der Waals surface area contributed by atoms with E-state index in [2.05, 4.69) is 10.1 Å².